The van der Waals surface area contributed by atoms with Gasteiger partial charge in [0.2, 0.25) is 5.88 Å². The number of carboxylic acids is 1. The number of hydrogen-bond donors (Lipinski definition) is 2. The maximum absolute atomic E-state index is 11.4. The first-order valence-corrected chi connectivity index (χ1v) is 5.83. The van der Waals surface area contributed by atoms with Crippen LogP contribution in [0.25, 0.3) is 11.0 Å². The smallest absolute Gasteiger partial charge is 0.321 e. The van der Waals surface area contributed by atoms with Crippen molar-refractivity contribution in [2.75, 3.05) is 14.2 Å². The molecule has 0 unspecified atom stereocenters. The highest BCUT2D eigenvalue weighted by molar-refractivity contribution is 5.95. The molecule has 1 aliphatic rings. The Kier molecular flexibility index (Phi) is 2.38. The molecule has 0 radical (unpaired) electrons. The highest BCUT2D eigenvalue weighted by Gasteiger charge is 2.53. The predicted octanol–water partition coefficient (Wildman–Crippen LogP) is 1.09. The lowest BCUT2D eigenvalue weighted by Crippen LogP contribution is -2.19. The summed E-state index contributed by atoms with van der Waals surface area (Å²) < 4.78 is 10.2. The molecule has 1 aliphatic carbocycles. The number of aliphatic carboxylic acids is 1. The quantitative estimate of drug-likeness (QED) is 0.857. The summed E-state index contributed by atoms with van der Waals surface area (Å²) in [6, 6.07) is 0.179. The molecule has 7 heteroatoms. The third kappa shape index (κ3) is 1.54. The van der Waals surface area contributed by atoms with Gasteiger partial charge in [-0.2, -0.15) is 9.97 Å². The topological polar surface area (TPSA) is 97.3 Å². The SMILES string of the molecule is COc1nc(OC)c2c(C3(C(=O)O)CC3)c[nH]c2n1. The third-order valence-corrected chi connectivity index (χ3v) is 3.53. The van der Waals surface area contributed by atoms with E-state index in [1.54, 1.807) is 6.20 Å². The van der Waals surface area contributed by atoms with Gasteiger partial charge in [0.25, 0.3) is 0 Å². The molecule has 19 heavy (non-hydrogen) atoms. The number of H-pyrrole nitrogens is 1. The van der Waals surface area contributed by atoms with Crippen molar-refractivity contribution in [1.82, 2.24) is 15.0 Å². The Morgan fingerprint density at radius 2 is 2.11 bits per heavy atom. The van der Waals surface area contributed by atoms with Crippen LogP contribution in [0.2, 0.25) is 0 Å². The Labute approximate surface area is 108 Å². The van der Waals surface area contributed by atoms with Crippen LogP contribution in [0.3, 0.4) is 0 Å². The molecule has 2 aromatic heterocycles. The van der Waals surface area contributed by atoms with Crippen LogP contribution in [0.5, 0.6) is 11.9 Å². The van der Waals surface area contributed by atoms with Gasteiger partial charge in [0, 0.05) is 11.8 Å². The zero-order valence-corrected chi connectivity index (χ0v) is 10.6. The number of methoxy groups -OCH3 is 2. The van der Waals surface area contributed by atoms with Gasteiger partial charge in [0.1, 0.15) is 5.65 Å². The number of carbonyl (C=O) groups is 1. The van der Waals surface area contributed by atoms with Crippen molar-refractivity contribution in [3.63, 3.8) is 0 Å². The van der Waals surface area contributed by atoms with E-state index in [1.165, 1.54) is 14.2 Å². The molecule has 7 nitrogen and oxygen atoms in total. The molecule has 1 fully saturated rings. The number of aromatic amines is 1. The molecule has 0 saturated heterocycles. The van der Waals surface area contributed by atoms with Gasteiger partial charge >= 0.3 is 12.0 Å². The number of fused-ring (bicyclic) bond motifs is 1. The molecule has 1 saturated carbocycles. The molecule has 0 aliphatic heterocycles. The second-order valence-electron chi connectivity index (χ2n) is 4.53. The average molecular weight is 263 g/mol. The van der Waals surface area contributed by atoms with Gasteiger partial charge in [-0.15, -0.1) is 0 Å². The predicted molar refractivity (Wildman–Crippen MR) is 65.5 cm³/mol. The van der Waals surface area contributed by atoms with Crippen molar-refractivity contribution in [1.29, 1.82) is 0 Å². The Hall–Kier alpha value is -2.31. The molecular weight excluding hydrogens is 250 g/mol. The van der Waals surface area contributed by atoms with Crippen molar-refractivity contribution in [3.05, 3.63) is 11.8 Å². The second-order valence-corrected chi connectivity index (χ2v) is 4.53. The fourth-order valence-corrected chi connectivity index (χ4v) is 2.32. The lowest BCUT2D eigenvalue weighted by Gasteiger charge is -2.10. The van der Waals surface area contributed by atoms with Crippen LogP contribution in [0.1, 0.15) is 18.4 Å². The first-order chi connectivity index (χ1) is 9.12. The Bertz CT molecular complexity index is 660. The van der Waals surface area contributed by atoms with Crippen molar-refractivity contribution < 1.29 is 19.4 Å². The van der Waals surface area contributed by atoms with Gasteiger partial charge in [0.05, 0.1) is 25.0 Å². The molecule has 0 aromatic carbocycles. The second kappa shape index (κ2) is 3.84. The van der Waals surface area contributed by atoms with Gasteiger partial charge in [-0.1, -0.05) is 0 Å². The first-order valence-electron chi connectivity index (χ1n) is 5.83. The van der Waals surface area contributed by atoms with Crippen molar-refractivity contribution in [2.45, 2.75) is 18.3 Å². The largest absolute Gasteiger partial charge is 0.481 e. The number of carboxylic acid groups (broad SMARTS) is 1. The lowest BCUT2D eigenvalue weighted by atomic mass is 9.97. The van der Waals surface area contributed by atoms with Gasteiger partial charge in [0.15, 0.2) is 0 Å². The summed E-state index contributed by atoms with van der Waals surface area (Å²) in [5.41, 5.74) is 0.365. The van der Waals surface area contributed by atoms with Crippen LogP contribution >= 0.6 is 0 Å². The lowest BCUT2D eigenvalue weighted by molar-refractivity contribution is -0.140. The molecule has 100 valence electrons. The number of nitrogens with one attached hydrogen (secondary N) is 1. The summed E-state index contributed by atoms with van der Waals surface area (Å²) in [6.45, 7) is 0. The van der Waals surface area contributed by atoms with Gasteiger partial charge in [-0.25, -0.2) is 0 Å². The molecule has 0 bridgehead atoms. The summed E-state index contributed by atoms with van der Waals surface area (Å²) >= 11 is 0. The Balaban J connectivity index is 2.25. The van der Waals surface area contributed by atoms with Gasteiger partial charge < -0.3 is 19.6 Å². The summed E-state index contributed by atoms with van der Waals surface area (Å²) in [4.78, 5) is 22.7. The number of rotatable bonds is 4. The number of nitrogens with zero attached hydrogens (tertiary/aromatic N) is 2. The minimum Gasteiger partial charge on any atom is -0.481 e. The first kappa shape index (κ1) is 11.8. The summed E-state index contributed by atoms with van der Waals surface area (Å²) in [7, 11) is 2.95. The van der Waals surface area contributed by atoms with Crippen LogP contribution in [0.15, 0.2) is 6.20 Å². The van der Waals surface area contributed by atoms with E-state index in [1.807, 2.05) is 0 Å². The van der Waals surface area contributed by atoms with E-state index in [4.69, 9.17) is 9.47 Å². The maximum Gasteiger partial charge on any atom is 0.321 e. The van der Waals surface area contributed by atoms with Crippen molar-refractivity contribution >= 4 is 17.0 Å². The van der Waals surface area contributed by atoms with E-state index in [0.717, 1.165) is 0 Å². The van der Waals surface area contributed by atoms with E-state index in [0.29, 0.717) is 35.3 Å². The van der Waals surface area contributed by atoms with Crippen LogP contribution in [0, 0.1) is 0 Å². The van der Waals surface area contributed by atoms with Gasteiger partial charge in [-0.3, -0.25) is 4.79 Å². The van der Waals surface area contributed by atoms with Crippen molar-refractivity contribution in [3.8, 4) is 11.9 Å². The molecule has 3 rings (SSSR count). The minimum atomic E-state index is -0.830. The fraction of sp³-hybridized carbons (Fsp3) is 0.417. The fourth-order valence-electron chi connectivity index (χ4n) is 2.32. The van der Waals surface area contributed by atoms with E-state index < -0.39 is 11.4 Å². The Morgan fingerprint density at radius 1 is 1.37 bits per heavy atom. The minimum absolute atomic E-state index is 0.179. The number of aromatic nitrogens is 3. The van der Waals surface area contributed by atoms with E-state index >= 15 is 0 Å². The Morgan fingerprint density at radius 3 is 2.63 bits per heavy atom. The molecular formula is C12H13N3O4. The maximum atomic E-state index is 11.4. The highest BCUT2D eigenvalue weighted by atomic mass is 16.5. The zero-order valence-electron chi connectivity index (χ0n) is 10.6. The summed E-state index contributed by atoms with van der Waals surface area (Å²) in [5, 5.41) is 9.99. The van der Waals surface area contributed by atoms with Crippen LogP contribution in [-0.2, 0) is 10.2 Å². The van der Waals surface area contributed by atoms with Crippen LogP contribution < -0.4 is 9.47 Å². The number of ether oxygens (including phenoxy) is 2. The molecule has 2 N–H and O–H groups in total. The molecule has 0 atom stereocenters. The van der Waals surface area contributed by atoms with E-state index in [2.05, 4.69) is 15.0 Å². The highest BCUT2D eigenvalue weighted by Crippen LogP contribution is 2.51. The number of hydrogen-bond acceptors (Lipinski definition) is 5. The standard InChI is InChI=1S/C12H13N3O4/c1-18-9-7-6(12(3-4-12)10(16)17)5-13-8(7)14-11(15-9)19-2/h5H,3-4H2,1-2H3,(H,16,17)(H,13,14,15). The van der Waals surface area contributed by atoms with Crippen LogP contribution in [0.4, 0.5) is 0 Å². The van der Waals surface area contributed by atoms with E-state index in [9.17, 15) is 9.90 Å². The monoisotopic (exact) mass is 263 g/mol. The van der Waals surface area contributed by atoms with Gasteiger partial charge in [-0.05, 0) is 12.8 Å². The molecule has 0 spiro atoms. The zero-order chi connectivity index (χ0) is 13.6. The van der Waals surface area contributed by atoms with Crippen molar-refractivity contribution in [2.24, 2.45) is 0 Å². The normalized spacial score (nSPS) is 16.3. The van der Waals surface area contributed by atoms with E-state index in [-0.39, 0.29) is 6.01 Å². The van der Waals surface area contributed by atoms with Crippen LogP contribution in [-0.4, -0.2) is 40.2 Å². The summed E-state index contributed by atoms with van der Waals surface area (Å²) in [6.07, 6.45) is 2.90. The molecule has 0 amide bonds. The average Bonchev–Trinajstić information content (AvgIpc) is 3.12. The summed E-state index contributed by atoms with van der Waals surface area (Å²) in [5.74, 6) is -0.503. The third-order valence-electron chi connectivity index (χ3n) is 3.53. The molecule has 2 aromatic rings. The molecule has 2 heterocycles.